The fourth-order valence-electron chi connectivity index (χ4n) is 3.58. The van der Waals surface area contributed by atoms with Crippen molar-refractivity contribution in [3.05, 3.63) is 11.8 Å². The predicted octanol–water partition coefficient (Wildman–Crippen LogP) is 1.16. The van der Waals surface area contributed by atoms with Gasteiger partial charge < -0.3 is 10.2 Å². The quantitative estimate of drug-likeness (QED) is 0.837. The molecule has 1 aromatic heterocycles. The highest BCUT2D eigenvalue weighted by Gasteiger charge is 2.27. The topological polar surface area (TPSA) is 78.4 Å². The van der Waals surface area contributed by atoms with E-state index in [2.05, 4.69) is 32.0 Å². The summed E-state index contributed by atoms with van der Waals surface area (Å²) < 4.78 is 23.1. The van der Waals surface area contributed by atoms with Crippen molar-refractivity contribution in [1.29, 1.82) is 0 Å². The van der Waals surface area contributed by atoms with Gasteiger partial charge in [-0.05, 0) is 32.6 Å². The van der Waals surface area contributed by atoms with Gasteiger partial charge in [0.05, 0.1) is 11.5 Å². The summed E-state index contributed by atoms with van der Waals surface area (Å²) in [6.45, 7) is 9.72. The van der Waals surface area contributed by atoms with Gasteiger partial charge in [0.2, 0.25) is 5.95 Å². The van der Waals surface area contributed by atoms with Crippen LogP contribution in [0.3, 0.4) is 0 Å². The highest BCUT2D eigenvalue weighted by atomic mass is 32.2. The van der Waals surface area contributed by atoms with E-state index in [1.165, 1.54) is 0 Å². The van der Waals surface area contributed by atoms with Gasteiger partial charge in [0.15, 0.2) is 0 Å². The number of hydrogen-bond acceptors (Lipinski definition) is 7. The second-order valence-corrected chi connectivity index (χ2v) is 9.41. The first-order chi connectivity index (χ1) is 11.9. The normalized spacial score (nSPS) is 22.1. The van der Waals surface area contributed by atoms with Gasteiger partial charge in [0.25, 0.3) is 0 Å². The maximum absolute atomic E-state index is 11.6. The third-order valence-electron chi connectivity index (χ3n) is 5.05. The molecule has 140 valence electrons. The van der Waals surface area contributed by atoms with Crippen LogP contribution in [0.4, 0.5) is 11.8 Å². The van der Waals surface area contributed by atoms with Crippen molar-refractivity contribution in [1.82, 2.24) is 14.9 Å². The Balaban J connectivity index is 1.52. The minimum atomic E-state index is -2.76. The largest absolute Gasteiger partial charge is 0.370 e. The summed E-state index contributed by atoms with van der Waals surface area (Å²) in [5.74, 6) is 2.94. The zero-order chi connectivity index (χ0) is 17.9. The van der Waals surface area contributed by atoms with Gasteiger partial charge in [-0.25, -0.2) is 13.4 Å². The Morgan fingerprint density at radius 1 is 1.16 bits per heavy atom. The number of aryl methyl sites for hydroxylation is 1. The number of rotatable bonds is 5. The first-order valence-corrected chi connectivity index (χ1v) is 11.0. The molecule has 7 nitrogen and oxygen atoms in total. The Hall–Kier alpha value is -1.41. The second kappa shape index (κ2) is 7.86. The Morgan fingerprint density at radius 3 is 2.48 bits per heavy atom. The van der Waals surface area contributed by atoms with Crippen LogP contribution in [-0.4, -0.2) is 74.1 Å². The predicted molar refractivity (Wildman–Crippen MR) is 101 cm³/mol. The van der Waals surface area contributed by atoms with E-state index in [4.69, 9.17) is 0 Å². The Kier molecular flexibility index (Phi) is 5.78. The van der Waals surface area contributed by atoms with Gasteiger partial charge in [0, 0.05) is 51.0 Å². The van der Waals surface area contributed by atoms with Crippen LogP contribution in [0, 0.1) is 12.8 Å². The Labute approximate surface area is 150 Å². The summed E-state index contributed by atoms with van der Waals surface area (Å²) in [7, 11) is -2.76. The molecule has 2 saturated heterocycles. The highest BCUT2D eigenvalue weighted by Crippen LogP contribution is 2.21. The number of hydrogen-bond donors (Lipinski definition) is 1. The lowest BCUT2D eigenvalue weighted by Crippen LogP contribution is -2.49. The van der Waals surface area contributed by atoms with Crippen LogP contribution < -0.4 is 10.2 Å². The third kappa shape index (κ3) is 5.04. The molecule has 3 heterocycles. The number of nitrogens with zero attached hydrogens (tertiary/aromatic N) is 4. The molecule has 0 atom stereocenters. The average Bonchev–Trinajstić information content (AvgIpc) is 2.57. The number of sulfone groups is 1. The molecule has 0 aromatic carbocycles. The molecular formula is C17H29N5O2S. The van der Waals surface area contributed by atoms with Crippen LogP contribution in [0.1, 0.15) is 25.5 Å². The van der Waals surface area contributed by atoms with Crippen molar-refractivity contribution in [3.8, 4) is 0 Å². The maximum atomic E-state index is 11.6. The Bertz CT molecular complexity index is 672. The number of piperazine rings is 1. The minimum absolute atomic E-state index is 0.363. The van der Waals surface area contributed by atoms with E-state index in [-0.39, 0.29) is 0 Å². The summed E-state index contributed by atoms with van der Waals surface area (Å²) in [6.07, 6.45) is 1.63. The maximum Gasteiger partial charge on any atom is 0.227 e. The summed E-state index contributed by atoms with van der Waals surface area (Å²) in [4.78, 5) is 13.9. The molecule has 1 N–H and O–H groups in total. The molecule has 0 aliphatic carbocycles. The molecule has 2 fully saturated rings. The molecule has 0 saturated carbocycles. The summed E-state index contributed by atoms with van der Waals surface area (Å²) >= 11 is 0. The van der Waals surface area contributed by atoms with E-state index in [0.717, 1.165) is 69.6 Å². The van der Waals surface area contributed by atoms with Gasteiger partial charge >= 0.3 is 0 Å². The van der Waals surface area contributed by atoms with Crippen molar-refractivity contribution in [2.75, 3.05) is 61.0 Å². The average molecular weight is 368 g/mol. The van der Waals surface area contributed by atoms with Gasteiger partial charge in [-0.3, -0.25) is 4.90 Å². The van der Waals surface area contributed by atoms with E-state index in [1.807, 2.05) is 13.0 Å². The smallest absolute Gasteiger partial charge is 0.227 e. The SMILES string of the molecule is CCNc1cc(C)nc(N2CCN(CC3CCS(=O)(=O)CC3)CC2)n1. The van der Waals surface area contributed by atoms with Crippen LogP contribution in [0.25, 0.3) is 0 Å². The van der Waals surface area contributed by atoms with E-state index < -0.39 is 9.84 Å². The van der Waals surface area contributed by atoms with Gasteiger partial charge in [-0.1, -0.05) is 0 Å². The fourth-order valence-corrected chi connectivity index (χ4v) is 5.17. The minimum Gasteiger partial charge on any atom is -0.370 e. The molecular weight excluding hydrogens is 338 g/mol. The van der Waals surface area contributed by atoms with E-state index in [1.54, 1.807) is 0 Å². The van der Waals surface area contributed by atoms with Crippen molar-refractivity contribution >= 4 is 21.6 Å². The second-order valence-electron chi connectivity index (χ2n) is 7.11. The zero-order valence-corrected chi connectivity index (χ0v) is 16.1. The van der Waals surface area contributed by atoms with Crippen molar-refractivity contribution < 1.29 is 8.42 Å². The lowest BCUT2D eigenvalue weighted by Gasteiger charge is -2.37. The lowest BCUT2D eigenvalue weighted by molar-refractivity contribution is 0.210. The van der Waals surface area contributed by atoms with E-state index in [9.17, 15) is 8.42 Å². The fraction of sp³-hybridized carbons (Fsp3) is 0.765. The highest BCUT2D eigenvalue weighted by molar-refractivity contribution is 7.91. The number of aromatic nitrogens is 2. The summed E-state index contributed by atoms with van der Waals surface area (Å²) in [6, 6.07) is 1.97. The molecule has 2 aliphatic heterocycles. The van der Waals surface area contributed by atoms with Gasteiger partial charge in [-0.2, -0.15) is 4.98 Å². The van der Waals surface area contributed by atoms with Crippen molar-refractivity contribution in [2.45, 2.75) is 26.7 Å². The lowest BCUT2D eigenvalue weighted by atomic mass is 10.0. The third-order valence-corrected chi connectivity index (χ3v) is 6.76. The molecule has 25 heavy (non-hydrogen) atoms. The van der Waals surface area contributed by atoms with Crippen LogP contribution in [-0.2, 0) is 9.84 Å². The molecule has 0 radical (unpaired) electrons. The van der Waals surface area contributed by atoms with Crippen molar-refractivity contribution in [2.24, 2.45) is 5.92 Å². The molecule has 3 rings (SSSR count). The van der Waals surface area contributed by atoms with Crippen LogP contribution in [0.5, 0.6) is 0 Å². The van der Waals surface area contributed by atoms with Crippen LogP contribution in [0.15, 0.2) is 6.07 Å². The molecule has 0 spiro atoms. The molecule has 0 unspecified atom stereocenters. The molecule has 1 aromatic rings. The van der Waals surface area contributed by atoms with Crippen LogP contribution in [0.2, 0.25) is 0 Å². The monoisotopic (exact) mass is 367 g/mol. The van der Waals surface area contributed by atoms with E-state index in [0.29, 0.717) is 17.4 Å². The summed E-state index contributed by atoms with van der Waals surface area (Å²) in [5.41, 5.74) is 0.979. The van der Waals surface area contributed by atoms with Crippen LogP contribution >= 0.6 is 0 Å². The Morgan fingerprint density at radius 2 is 1.84 bits per heavy atom. The summed E-state index contributed by atoms with van der Waals surface area (Å²) in [5, 5.41) is 3.26. The molecule has 2 aliphatic rings. The first-order valence-electron chi connectivity index (χ1n) is 9.22. The van der Waals surface area contributed by atoms with E-state index >= 15 is 0 Å². The first kappa shape index (κ1) is 18.4. The number of anilines is 2. The zero-order valence-electron chi connectivity index (χ0n) is 15.2. The molecule has 0 amide bonds. The standard InChI is InChI=1S/C17H29N5O2S/c1-3-18-16-12-14(2)19-17(20-16)22-8-6-21(7-9-22)13-15-4-10-25(23,24)11-5-15/h12,15H,3-11,13H2,1-2H3,(H,18,19,20). The molecule has 8 heteroatoms. The number of nitrogens with one attached hydrogen (secondary N) is 1. The van der Waals surface area contributed by atoms with Gasteiger partial charge in [-0.15, -0.1) is 0 Å². The molecule has 0 bridgehead atoms. The van der Waals surface area contributed by atoms with Gasteiger partial charge in [0.1, 0.15) is 15.7 Å². The van der Waals surface area contributed by atoms with Crippen molar-refractivity contribution in [3.63, 3.8) is 0 Å².